The summed E-state index contributed by atoms with van der Waals surface area (Å²) >= 11 is 7.05. The molecule has 1 rings (SSSR count). The highest BCUT2D eigenvalue weighted by atomic mass is 35.5. The molecule has 0 fully saturated rings. The molecule has 0 spiro atoms. The third-order valence-electron chi connectivity index (χ3n) is 2.04. The molecule has 0 aliphatic heterocycles. The van der Waals surface area contributed by atoms with Crippen LogP contribution in [0, 0.1) is 0 Å². The minimum absolute atomic E-state index is 0.309. The second-order valence-electron chi connectivity index (χ2n) is 3.45. The topological polar surface area (TPSA) is 78.4 Å². The zero-order valence-electron chi connectivity index (χ0n) is 9.64. The first-order valence-electron chi connectivity index (χ1n) is 5.07. The highest BCUT2D eigenvalue weighted by Crippen LogP contribution is 2.13. The first-order chi connectivity index (χ1) is 8.52. The largest absolute Gasteiger partial charge is 0.480 e. The van der Waals surface area contributed by atoms with Crippen LogP contribution in [-0.4, -0.2) is 35.2 Å². The number of aliphatic carboxylic acids is 1. The molecule has 1 aromatic carbocycles. The summed E-state index contributed by atoms with van der Waals surface area (Å²) in [5.74, 6) is -0.751. The average molecular weight is 289 g/mol. The Balaban J connectivity index is 2.54. The number of benzene rings is 1. The predicted octanol–water partition coefficient (Wildman–Crippen LogP) is 2.28. The van der Waals surface area contributed by atoms with Crippen molar-refractivity contribution >= 4 is 41.1 Å². The van der Waals surface area contributed by atoms with Gasteiger partial charge >= 0.3 is 12.0 Å². The van der Waals surface area contributed by atoms with E-state index in [0.717, 1.165) is 0 Å². The molecule has 0 aromatic heterocycles. The van der Waals surface area contributed by atoms with Gasteiger partial charge < -0.3 is 15.7 Å². The van der Waals surface area contributed by atoms with Crippen molar-refractivity contribution in [2.24, 2.45) is 0 Å². The summed E-state index contributed by atoms with van der Waals surface area (Å²) in [5, 5.41) is 14.4. The molecule has 0 heterocycles. The molecule has 1 atom stereocenters. The van der Waals surface area contributed by atoms with E-state index in [2.05, 4.69) is 10.6 Å². The van der Waals surface area contributed by atoms with Gasteiger partial charge in [0.15, 0.2) is 0 Å². The average Bonchev–Trinajstić information content (AvgIpc) is 2.31. The molecule has 1 aromatic rings. The molecule has 5 nitrogen and oxygen atoms in total. The first kappa shape index (κ1) is 14.7. The number of nitrogens with one attached hydrogen (secondary N) is 2. The van der Waals surface area contributed by atoms with E-state index in [4.69, 9.17) is 16.7 Å². The van der Waals surface area contributed by atoms with E-state index in [-0.39, 0.29) is 0 Å². The number of carboxylic acid groups (broad SMARTS) is 1. The number of rotatable bonds is 5. The molecule has 0 bridgehead atoms. The molecule has 0 saturated carbocycles. The highest BCUT2D eigenvalue weighted by Gasteiger charge is 2.18. The van der Waals surface area contributed by atoms with Gasteiger partial charge in [-0.05, 0) is 30.5 Å². The van der Waals surface area contributed by atoms with Gasteiger partial charge in [-0.15, -0.1) is 0 Å². The van der Waals surface area contributed by atoms with Crippen molar-refractivity contribution in [3.8, 4) is 0 Å². The Hall–Kier alpha value is -1.40. The fourth-order valence-electron chi connectivity index (χ4n) is 1.20. The van der Waals surface area contributed by atoms with Crippen LogP contribution in [0.25, 0.3) is 0 Å². The van der Waals surface area contributed by atoms with E-state index in [9.17, 15) is 9.59 Å². The number of thioether (sulfide) groups is 1. The summed E-state index contributed by atoms with van der Waals surface area (Å²) in [5.41, 5.74) is 0.546. The van der Waals surface area contributed by atoms with Gasteiger partial charge in [0, 0.05) is 16.5 Å². The number of hydrogen-bond donors (Lipinski definition) is 3. The van der Waals surface area contributed by atoms with Crippen LogP contribution in [0.5, 0.6) is 0 Å². The monoisotopic (exact) mass is 288 g/mol. The lowest BCUT2D eigenvalue weighted by Crippen LogP contribution is -2.44. The number of carbonyl (C=O) groups excluding carboxylic acids is 1. The zero-order chi connectivity index (χ0) is 13.5. The van der Waals surface area contributed by atoms with Crippen molar-refractivity contribution in [1.29, 1.82) is 0 Å². The van der Waals surface area contributed by atoms with Crippen molar-refractivity contribution in [3.63, 3.8) is 0 Å². The summed E-state index contributed by atoms with van der Waals surface area (Å²) in [6, 6.07) is 5.06. The van der Waals surface area contributed by atoms with E-state index in [1.807, 2.05) is 0 Å². The number of amides is 2. The maximum Gasteiger partial charge on any atom is 0.327 e. The molecular weight excluding hydrogens is 276 g/mol. The molecule has 0 aliphatic rings. The fourth-order valence-corrected chi connectivity index (χ4v) is 1.89. The number of carbonyl (C=O) groups is 2. The Morgan fingerprint density at radius 3 is 2.50 bits per heavy atom. The summed E-state index contributed by atoms with van der Waals surface area (Å²) in [6.07, 6.45) is 1.77. The van der Waals surface area contributed by atoms with Crippen LogP contribution in [0.15, 0.2) is 24.3 Å². The Morgan fingerprint density at radius 2 is 2.00 bits per heavy atom. The van der Waals surface area contributed by atoms with Gasteiger partial charge in [0.25, 0.3) is 0 Å². The summed E-state index contributed by atoms with van der Waals surface area (Å²) < 4.78 is 0. The standard InChI is InChI=1S/C11H13ClN2O3S/c1-18-6-9(10(15)16)14-11(17)13-8-4-2-7(12)3-5-8/h2-5,9H,6H2,1H3,(H,15,16)(H2,13,14,17)/t9-/m0/s1. The van der Waals surface area contributed by atoms with E-state index in [1.54, 1.807) is 30.5 Å². The van der Waals surface area contributed by atoms with Gasteiger partial charge in [0.1, 0.15) is 6.04 Å². The lowest BCUT2D eigenvalue weighted by molar-refractivity contribution is -0.138. The molecule has 3 N–H and O–H groups in total. The van der Waals surface area contributed by atoms with Gasteiger partial charge in [-0.2, -0.15) is 11.8 Å². The number of anilines is 1. The van der Waals surface area contributed by atoms with Crippen molar-refractivity contribution in [1.82, 2.24) is 5.32 Å². The maximum absolute atomic E-state index is 11.6. The third kappa shape index (κ3) is 4.85. The van der Waals surface area contributed by atoms with Crippen LogP contribution in [0.2, 0.25) is 5.02 Å². The van der Waals surface area contributed by atoms with Crippen LogP contribution in [-0.2, 0) is 4.79 Å². The molecule has 0 radical (unpaired) electrons. The SMILES string of the molecule is CSC[C@H](NC(=O)Nc1ccc(Cl)cc1)C(=O)O. The molecule has 0 unspecified atom stereocenters. The Bertz CT molecular complexity index is 425. The molecule has 0 aliphatic carbocycles. The Labute approximate surface area is 114 Å². The van der Waals surface area contributed by atoms with Crippen molar-refractivity contribution in [2.45, 2.75) is 6.04 Å². The van der Waals surface area contributed by atoms with Crippen LogP contribution in [0.1, 0.15) is 0 Å². The van der Waals surface area contributed by atoms with E-state index in [1.165, 1.54) is 11.8 Å². The quantitative estimate of drug-likeness (QED) is 0.777. The minimum Gasteiger partial charge on any atom is -0.480 e. The van der Waals surface area contributed by atoms with Gasteiger partial charge in [-0.25, -0.2) is 9.59 Å². The van der Waals surface area contributed by atoms with Gasteiger partial charge in [0.2, 0.25) is 0 Å². The van der Waals surface area contributed by atoms with Crippen molar-refractivity contribution in [3.05, 3.63) is 29.3 Å². The van der Waals surface area contributed by atoms with Gasteiger partial charge in [0.05, 0.1) is 0 Å². The maximum atomic E-state index is 11.6. The molecular formula is C11H13ClN2O3S. The zero-order valence-corrected chi connectivity index (χ0v) is 11.2. The van der Waals surface area contributed by atoms with Crippen LogP contribution >= 0.6 is 23.4 Å². The number of halogens is 1. The molecule has 98 valence electrons. The normalized spacial score (nSPS) is 11.7. The van der Waals surface area contributed by atoms with Crippen LogP contribution in [0.4, 0.5) is 10.5 Å². The molecule has 0 saturated heterocycles. The number of carboxylic acids is 1. The smallest absolute Gasteiger partial charge is 0.327 e. The lowest BCUT2D eigenvalue weighted by atomic mass is 10.3. The molecule has 18 heavy (non-hydrogen) atoms. The molecule has 7 heteroatoms. The highest BCUT2D eigenvalue weighted by molar-refractivity contribution is 7.98. The molecule has 2 amide bonds. The fraction of sp³-hybridized carbons (Fsp3) is 0.273. The van der Waals surface area contributed by atoms with E-state index >= 15 is 0 Å². The number of urea groups is 1. The Morgan fingerprint density at radius 1 is 1.39 bits per heavy atom. The second-order valence-corrected chi connectivity index (χ2v) is 4.80. The first-order valence-corrected chi connectivity index (χ1v) is 6.85. The van der Waals surface area contributed by atoms with Crippen LogP contribution < -0.4 is 10.6 Å². The summed E-state index contributed by atoms with van der Waals surface area (Å²) in [4.78, 5) is 22.4. The van der Waals surface area contributed by atoms with E-state index in [0.29, 0.717) is 16.5 Å². The van der Waals surface area contributed by atoms with Gasteiger partial charge in [-0.1, -0.05) is 11.6 Å². The summed E-state index contributed by atoms with van der Waals surface area (Å²) in [6.45, 7) is 0. The Kier molecular flexibility index (Phi) is 5.80. The van der Waals surface area contributed by atoms with Crippen molar-refractivity contribution < 1.29 is 14.7 Å². The minimum atomic E-state index is -1.06. The van der Waals surface area contributed by atoms with Crippen LogP contribution in [0.3, 0.4) is 0 Å². The van der Waals surface area contributed by atoms with Crippen molar-refractivity contribution in [2.75, 3.05) is 17.3 Å². The lowest BCUT2D eigenvalue weighted by Gasteiger charge is -2.14. The van der Waals surface area contributed by atoms with Gasteiger partial charge in [-0.3, -0.25) is 0 Å². The second kappa shape index (κ2) is 7.13. The summed E-state index contributed by atoms with van der Waals surface area (Å²) in [7, 11) is 0. The van der Waals surface area contributed by atoms with E-state index < -0.39 is 18.0 Å². The third-order valence-corrected chi connectivity index (χ3v) is 2.96. The predicted molar refractivity (Wildman–Crippen MR) is 73.4 cm³/mol. The number of hydrogen-bond acceptors (Lipinski definition) is 3.